The molecule has 1 aromatic carbocycles. The first-order valence-corrected chi connectivity index (χ1v) is 9.17. The number of halogens is 2. The largest absolute Gasteiger partial charge is 0.381 e. The van der Waals surface area contributed by atoms with Gasteiger partial charge in [0.05, 0.1) is 13.2 Å². The van der Waals surface area contributed by atoms with Crippen LogP contribution >= 0.6 is 35.6 Å². The molecular formula is C18H23ClIN5O2. The van der Waals surface area contributed by atoms with Crippen molar-refractivity contribution in [3.8, 4) is 11.4 Å². The van der Waals surface area contributed by atoms with Crippen molar-refractivity contribution in [2.75, 3.05) is 33.4 Å². The third-order valence-electron chi connectivity index (χ3n) is 5.08. The molecule has 2 aliphatic rings. The minimum Gasteiger partial charge on any atom is -0.381 e. The molecule has 9 heteroatoms. The lowest BCUT2D eigenvalue weighted by molar-refractivity contribution is 0.156. The maximum absolute atomic E-state index is 6.02. The number of nitrogens with one attached hydrogen (secondary N) is 1. The van der Waals surface area contributed by atoms with E-state index in [4.69, 9.17) is 20.9 Å². The number of likely N-dealkylation sites (tertiary alicyclic amines) is 1. The molecule has 1 atom stereocenters. The first-order chi connectivity index (χ1) is 12.7. The molecule has 146 valence electrons. The SMILES string of the molecule is CN=C(NCc1nc(-c2cccc(Cl)c2)no1)N1CCC2(CCOC2)C1.I. The molecule has 0 aliphatic carbocycles. The van der Waals surface area contributed by atoms with Gasteiger partial charge in [0.2, 0.25) is 11.7 Å². The van der Waals surface area contributed by atoms with Crippen molar-refractivity contribution in [2.45, 2.75) is 19.4 Å². The van der Waals surface area contributed by atoms with Crippen LogP contribution in [-0.2, 0) is 11.3 Å². The average Bonchev–Trinajstić information content (AvgIpc) is 3.39. The Hall–Kier alpha value is -1.39. The van der Waals surface area contributed by atoms with E-state index in [1.54, 1.807) is 7.05 Å². The van der Waals surface area contributed by atoms with Crippen LogP contribution in [0.15, 0.2) is 33.8 Å². The summed E-state index contributed by atoms with van der Waals surface area (Å²) in [4.78, 5) is 11.1. The van der Waals surface area contributed by atoms with Gasteiger partial charge in [-0.15, -0.1) is 24.0 Å². The standard InChI is InChI=1S/C18H22ClN5O2.HI/c1-20-17(24-7-5-18(11-24)6-8-25-12-18)21-10-15-22-16(23-26-15)13-3-2-4-14(19)9-13;/h2-4,9H,5-8,10-12H2,1H3,(H,20,21);1H. The average molecular weight is 504 g/mol. The molecule has 1 spiro atoms. The van der Waals surface area contributed by atoms with Gasteiger partial charge >= 0.3 is 0 Å². The van der Waals surface area contributed by atoms with Gasteiger partial charge in [-0.3, -0.25) is 4.99 Å². The highest BCUT2D eigenvalue weighted by atomic mass is 127. The van der Waals surface area contributed by atoms with Crippen molar-refractivity contribution in [1.29, 1.82) is 0 Å². The second-order valence-electron chi connectivity index (χ2n) is 6.90. The van der Waals surface area contributed by atoms with Gasteiger partial charge in [0.25, 0.3) is 0 Å². The Morgan fingerprint density at radius 2 is 2.30 bits per heavy atom. The third-order valence-corrected chi connectivity index (χ3v) is 5.32. The number of benzene rings is 1. The summed E-state index contributed by atoms with van der Waals surface area (Å²) in [5.41, 5.74) is 1.13. The van der Waals surface area contributed by atoms with Crippen molar-refractivity contribution >= 4 is 41.5 Å². The fourth-order valence-electron chi connectivity index (χ4n) is 3.65. The van der Waals surface area contributed by atoms with E-state index in [0.717, 1.165) is 50.7 Å². The molecule has 1 unspecified atom stereocenters. The third kappa shape index (κ3) is 4.55. The Morgan fingerprint density at radius 1 is 1.41 bits per heavy atom. The summed E-state index contributed by atoms with van der Waals surface area (Å²) in [6.45, 7) is 4.12. The summed E-state index contributed by atoms with van der Waals surface area (Å²) in [6.07, 6.45) is 2.28. The van der Waals surface area contributed by atoms with E-state index in [2.05, 4.69) is 25.3 Å². The summed E-state index contributed by atoms with van der Waals surface area (Å²) >= 11 is 6.02. The molecule has 2 aliphatic heterocycles. The number of ether oxygens (including phenoxy) is 1. The maximum Gasteiger partial charge on any atom is 0.246 e. The maximum atomic E-state index is 6.02. The van der Waals surface area contributed by atoms with Crippen molar-refractivity contribution in [3.63, 3.8) is 0 Å². The lowest BCUT2D eigenvalue weighted by Gasteiger charge is -2.24. The molecule has 27 heavy (non-hydrogen) atoms. The molecular weight excluding hydrogens is 481 g/mol. The van der Waals surface area contributed by atoms with Gasteiger partial charge in [0.1, 0.15) is 0 Å². The summed E-state index contributed by atoms with van der Waals surface area (Å²) < 4.78 is 10.9. The summed E-state index contributed by atoms with van der Waals surface area (Å²) in [5.74, 6) is 1.90. The second-order valence-corrected chi connectivity index (χ2v) is 7.33. The van der Waals surface area contributed by atoms with Crippen molar-refractivity contribution in [1.82, 2.24) is 20.4 Å². The van der Waals surface area contributed by atoms with Gasteiger partial charge in [-0.1, -0.05) is 28.9 Å². The zero-order chi connectivity index (χ0) is 18.0. The number of rotatable bonds is 3. The Kier molecular flexibility index (Phi) is 6.59. The van der Waals surface area contributed by atoms with E-state index >= 15 is 0 Å². The van der Waals surface area contributed by atoms with Crippen molar-refractivity contribution in [2.24, 2.45) is 10.4 Å². The first kappa shape index (κ1) is 20.3. The van der Waals surface area contributed by atoms with Crippen LogP contribution in [0, 0.1) is 5.41 Å². The molecule has 0 radical (unpaired) electrons. The predicted molar refractivity (Wildman–Crippen MR) is 114 cm³/mol. The molecule has 2 saturated heterocycles. The van der Waals surface area contributed by atoms with Crippen LogP contribution in [0.1, 0.15) is 18.7 Å². The van der Waals surface area contributed by atoms with E-state index in [1.807, 2.05) is 24.3 Å². The highest BCUT2D eigenvalue weighted by Crippen LogP contribution is 2.38. The summed E-state index contributed by atoms with van der Waals surface area (Å²) in [6, 6.07) is 7.40. The zero-order valence-electron chi connectivity index (χ0n) is 15.2. The van der Waals surface area contributed by atoms with Gasteiger partial charge in [-0.2, -0.15) is 4.98 Å². The van der Waals surface area contributed by atoms with Crippen LogP contribution in [-0.4, -0.2) is 54.4 Å². The topological polar surface area (TPSA) is 75.8 Å². The summed E-state index contributed by atoms with van der Waals surface area (Å²) in [5, 5.41) is 8.00. The Balaban J connectivity index is 0.00000210. The molecule has 4 rings (SSSR count). The fraction of sp³-hybridized carbons (Fsp3) is 0.500. The molecule has 0 bridgehead atoms. The quantitative estimate of drug-likeness (QED) is 0.394. The fourth-order valence-corrected chi connectivity index (χ4v) is 3.84. The molecule has 1 aromatic heterocycles. The van der Waals surface area contributed by atoms with Crippen molar-refractivity contribution in [3.05, 3.63) is 35.2 Å². The van der Waals surface area contributed by atoms with Gasteiger partial charge in [0.15, 0.2) is 5.96 Å². The van der Waals surface area contributed by atoms with Gasteiger partial charge in [-0.25, -0.2) is 0 Å². The monoisotopic (exact) mass is 503 g/mol. The van der Waals surface area contributed by atoms with Gasteiger partial charge in [0, 0.05) is 42.7 Å². The highest BCUT2D eigenvalue weighted by molar-refractivity contribution is 14.0. The lowest BCUT2D eigenvalue weighted by atomic mass is 9.87. The molecule has 2 aromatic rings. The minimum absolute atomic E-state index is 0. The first-order valence-electron chi connectivity index (χ1n) is 8.79. The number of guanidine groups is 1. The molecule has 3 heterocycles. The van der Waals surface area contributed by atoms with E-state index in [-0.39, 0.29) is 24.0 Å². The van der Waals surface area contributed by atoms with Gasteiger partial charge < -0.3 is 19.5 Å². The number of aromatic nitrogens is 2. The summed E-state index contributed by atoms with van der Waals surface area (Å²) in [7, 11) is 1.80. The van der Waals surface area contributed by atoms with E-state index < -0.39 is 0 Å². The minimum atomic E-state index is 0. The van der Waals surface area contributed by atoms with E-state index in [0.29, 0.717) is 28.7 Å². The zero-order valence-corrected chi connectivity index (χ0v) is 18.2. The van der Waals surface area contributed by atoms with Crippen molar-refractivity contribution < 1.29 is 9.26 Å². The van der Waals surface area contributed by atoms with Crippen LogP contribution in [0.4, 0.5) is 0 Å². The number of nitrogens with zero attached hydrogens (tertiary/aromatic N) is 4. The molecule has 0 amide bonds. The number of hydrogen-bond donors (Lipinski definition) is 1. The lowest BCUT2D eigenvalue weighted by Crippen LogP contribution is -2.41. The molecule has 0 saturated carbocycles. The predicted octanol–water partition coefficient (Wildman–Crippen LogP) is 3.20. The van der Waals surface area contributed by atoms with Crippen LogP contribution in [0.25, 0.3) is 11.4 Å². The Morgan fingerprint density at radius 3 is 3.04 bits per heavy atom. The van der Waals surface area contributed by atoms with Crippen LogP contribution < -0.4 is 5.32 Å². The van der Waals surface area contributed by atoms with E-state index in [1.165, 1.54) is 0 Å². The number of aliphatic imine (C=N–C) groups is 1. The molecule has 1 N–H and O–H groups in total. The normalized spacial score (nSPS) is 22.3. The molecule has 7 nitrogen and oxygen atoms in total. The van der Waals surface area contributed by atoms with Crippen LogP contribution in [0.2, 0.25) is 5.02 Å². The highest BCUT2D eigenvalue weighted by Gasteiger charge is 2.42. The second kappa shape index (κ2) is 8.74. The Labute approximate surface area is 180 Å². The number of hydrogen-bond acceptors (Lipinski definition) is 5. The van der Waals surface area contributed by atoms with Crippen LogP contribution in [0.5, 0.6) is 0 Å². The van der Waals surface area contributed by atoms with Gasteiger partial charge in [-0.05, 0) is 25.0 Å². The molecule has 2 fully saturated rings. The smallest absolute Gasteiger partial charge is 0.246 e. The van der Waals surface area contributed by atoms with E-state index in [9.17, 15) is 0 Å². The van der Waals surface area contributed by atoms with Crippen LogP contribution in [0.3, 0.4) is 0 Å². The Bertz CT molecular complexity index is 807.